The van der Waals surface area contributed by atoms with Crippen LogP contribution >= 0.6 is 15.9 Å². The van der Waals surface area contributed by atoms with Crippen molar-refractivity contribution in [3.63, 3.8) is 0 Å². The molecule has 1 saturated heterocycles. The normalized spacial score (nSPS) is 15.0. The minimum Gasteiger partial charge on any atom is -0.450 e. The Hall–Kier alpha value is -1.76. The number of nitrogens with one attached hydrogen (secondary N) is 2. The molecule has 1 fully saturated rings. The Balaban J connectivity index is 1.73. The molecular formula is C17H24BrN3O3. The van der Waals surface area contributed by atoms with E-state index < -0.39 is 0 Å². The zero-order valence-corrected chi connectivity index (χ0v) is 15.7. The van der Waals surface area contributed by atoms with Gasteiger partial charge in [0.1, 0.15) is 0 Å². The van der Waals surface area contributed by atoms with Crippen LogP contribution in [0.5, 0.6) is 0 Å². The van der Waals surface area contributed by atoms with Crippen molar-refractivity contribution in [1.29, 1.82) is 0 Å². The van der Waals surface area contributed by atoms with Crippen LogP contribution in [0.2, 0.25) is 0 Å². The van der Waals surface area contributed by atoms with E-state index >= 15 is 0 Å². The lowest BCUT2D eigenvalue weighted by atomic mass is 10.1. The lowest BCUT2D eigenvalue weighted by molar-refractivity contribution is -0.120. The second kappa shape index (κ2) is 8.92. The van der Waals surface area contributed by atoms with Crippen LogP contribution in [0.4, 0.5) is 10.5 Å². The summed E-state index contributed by atoms with van der Waals surface area (Å²) in [6, 6.07) is 6.00. The molecule has 1 heterocycles. The van der Waals surface area contributed by atoms with Crippen molar-refractivity contribution in [2.45, 2.75) is 32.7 Å². The summed E-state index contributed by atoms with van der Waals surface area (Å²) in [5.74, 6) is -0.0353. The van der Waals surface area contributed by atoms with Gasteiger partial charge >= 0.3 is 6.09 Å². The SMILES string of the molecule is CCOC(=O)N1CCC(NC(=O)CNc2ccc(Br)cc2C)CC1. The van der Waals surface area contributed by atoms with Crippen molar-refractivity contribution >= 4 is 33.6 Å². The first-order chi connectivity index (χ1) is 11.5. The number of likely N-dealkylation sites (tertiary alicyclic amines) is 1. The molecule has 0 bridgehead atoms. The lowest BCUT2D eigenvalue weighted by Gasteiger charge is -2.31. The molecule has 0 unspecified atom stereocenters. The summed E-state index contributed by atoms with van der Waals surface area (Å²) in [5, 5.41) is 6.18. The van der Waals surface area contributed by atoms with E-state index in [-0.39, 0.29) is 24.6 Å². The predicted molar refractivity (Wildman–Crippen MR) is 97.1 cm³/mol. The van der Waals surface area contributed by atoms with Crippen LogP contribution in [0.15, 0.2) is 22.7 Å². The fourth-order valence-corrected chi connectivity index (χ4v) is 3.18. The van der Waals surface area contributed by atoms with E-state index in [1.165, 1.54) is 0 Å². The molecule has 0 saturated carbocycles. The van der Waals surface area contributed by atoms with Gasteiger partial charge in [0.15, 0.2) is 0 Å². The number of piperidine rings is 1. The molecule has 0 aliphatic carbocycles. The summed E-state index contributed by atoms with van der Waals surface area (Å²) in [6.07, 6.45) is 1.23. The summed E-state index contributed by atoms with van der Waals surface area (Å²) in [7, 11) is 0. The maximum atomic E-state index is 12.1. The Morgan fingerprint density at radius 3 is 2.67 bits per heavy atom. The maximum absolute atomic E-state index is 12.1. The van der Waals surface area contributed by atoms with Crippen LogP contribution in [-0.4, -0.2) is 49.2 Å². The molecule has 0 aromatic heterocycles. The van der Waals surface area contributed by atoms with Gasteiger partial charge in [-0.1, -0.05) is 15.9 Å². The van der Waals surface area contributed by atoms with Crippen molar-refractivity contribution in [2.24, 2.45) is 0 Å². The number of hydrogen-bond acceptors (Lipinski definition) is 4. The van der Waals surface area contributed by atoms with E-state index in [9.17, 15) is 9.59 Å². The van der Waals surface area contributed by atoms with Gasteiger partial charge in [-0.2, -0.15) is 0 Å². The molecule has 2 amide bonds. The van der Waals surface area contributed by atoms with Crippen molar-refractivity contribution < 1.29 is 14.3 Å². The number of nitrogens with zero attached hydrogens (tertiary/aromatic N) is 1. The average molecular weight is 398 g/mol. The molecule has 1 aromatic rings. The largest absolute Gasteiger partial charge is 0.450 e. The number of benzene rings is 1. The summed E-state index contributed by atoms with van der Waals surface area (Å²) >= 11 is 3.42. The smallest absolute Gasteiger partial charge is 0.409 e. The fraction of sp³-hybridized carbons (Fsp3) is 0.529. The molecule has 0 radical (unpaired) electrons. The van der Waals surface area contributed by atoms with Crippen LogP contribution in [0.25, 0.3) is 0 Å². The third-order valence-corrected chi connectivity index (χ3v) is 4.51. The minimum atomic E-state index is -0.269. The molecule has 0 atom stereocenters. The van der Waals surface area contributed by atoms with Gasteiger partial charge in [0.25, 0.3) is 0 Å². The molecule has 24 heavy (non-hydrogen) atoms. The van der Waals surface area contributed by atoms with Crippen LogP contribution in [0.3, 0.4) is 0 Å². The highest BCUT2D eigenvalue weighted by molar-refractivity contribution is 9.10. The average Bonchev–Trinajstić information content (AvgIpc) is 2.55. The Bertz CT molecular complexity index is 586. The minimum absolute atomic E-state index is 0.0353. The topological polar surface area (TPSA) is 70.7 Å². The predicted octanol–water partition coefficient (Wildman–Crippen LogP) is 2.91. The number of carbonyl (C=O) groups excluding carboxylic acids is 2. The first-order valence-electron chi connectivity index (χ1n) is 8.20. The number of aryl methyl sites for hydroxylation is 1. The van der Waals surface area contributed by atoms with Gasteiger partial charge in [0, 0.05) is 29.3 Å². The molecule has 0 spiro atoms. The van der Waals surface area contributed by atoms with Gasteiger partial charge in [-0.3, -0.25) is 4.79 Å². The van der Waals surface area contributed by atoms with E-state index in [0.717, 1.165) is 28.6 Å². The monoisotopic (exact) mass is 397 g/mol. The Morgan fingerprint density at radius 2 is 2.04 bits per heavy atom. The number of hydrogen-bond donors (Lipinski definition) is 2. The molecule has 7 heteroatoms. The van der Waals surface area contributed by atoms with Gasteiger partial charge in [0.2, 0.25) is 5.91 Å². The maximum Gasteiger partial charge on any atom is 0.409 e. The number of ether oxygens (including phenoxy) is 1. The molecule has 6 nitrogen and oxygen atoms in total. The van der Waals surface area contributed by atoms with Crippen LogP contribution in [-0.2, 0) is 9.53 Å². The summed E-state index contributed by atoms with van der Waals surface area (Å²) in [5.41, 5.74) is 2.03. The highest BCUT2D eigenvalue weighted by atomic mass is 79.9. The van der Waals surface area contributed by atoms with Gasteiger partial charge in [-0.25, -0.2) is 4.79 Å². The van der Waals surface area contributed by atoms with Crippen molar-refractivity contribution in [1.82, 2.24) is 10.2 Å². The van der Waals surface area contributed by atoms with E-state index in [2.05, 4.69) is 26.6 Å². The van der Waals surface area contributed by atoms with Gasteiger partial charge < -0.3 is 20.3 Å². The molecule has 2 N–H and O–H groups in total. The molecule has 2 rings (SSSR count). The Labute approximate surface area is 151 Å². The highest BCUT2D eigenvalue weighted by Crippen LogP contribution is 2.19. The number of carbonyl (C=O) groups is 2. The third kappa shape index (κ3) is 5.40. The van der Waals surface area contributed by atoms with E-state index in [1.54, 1.807) is 11.8 Å². The molecule has 1 aliphatic heterocycles. The number of rotatable bonds is 5. The van der Waals surface area contributed by atoms with Crippen LogP contribution in [0, 0.1) is 6.92 Å². The van der Waals surface area contributed by atoms with Crippen LogP contribution < -0.4 is 10.6 Å². The summed E-state index contributed by atoms with van der Waals surface area (Å²) in [6.45, 7) is 5.64. The third-order valence-electron chi connectivity index (χ3n) is 4.01. The van der Waals surface area contributed by atoms with Gasteiger partial charge in [-0.05, 0) is 50.5 Å². The molecule has 1 aromatic carbocycles. The zero-order valence-electron chi connectivity index (χ0n) is 14.1. The molecular weight excluding hydrogens is 374 g/mol. The van der Waals surface area contributed by atoms with E-state index in [0.29, 0.717) is 19.7 Å². The van der Waals surface area contributed by atoms with E-state index in [1.807, 2.05) is 25.1 Å². The zero-order chi connectivity index (χ0) is 17.5. The number of anilines is 1. The molecule has 1 aliphatic rings. The number of amides is 2. The fourth-order valence-electron chi connectivity index (χ4n) is 2.70. The highest BCUT2D eigenvalue weighted by Gasteiger charge is 2.24. The number of halogens is 1. The first-order valence-corrected chi connectivity index (χ1v) is 9.00. The summed E-state index contributed by atoms with van der Waals surface area (Å²) < 4.78 is 6.01. The van der Waals surface area contributed by atoms with Crippen molar-refractivity contribution in [3.8, 4) is 0 Å². The Kier molecular flexibility index (Phi) is 6.90. The summed E-state index contributed by atoms with van der Waals surface area (Å²) in [4.78, 5) is 25.4. The quantitative estimate of drug-likeness (QED) is 0.800. The lowest BCUT2D eigenvalue weighted by Crippen LogP contribution is -2.47. The van der Waals surface area contributed by atoms with Crippen molar-refractivity contribution in [3.05, 3.63) is 28.2 Å². The second-order valence-corrected chi connectivity index (χ2v) is 6.76. The van der Waals surface area contributed by atoms with Crippen LogP contribution in [0.1, 0.15) is 25.3 Å². The second-order valence-electron chi connectivity index (χ2n) is 5.84. The van der Waals surface area contributed by atoms with E-state index in [4.69, 9.17) is 4.74 Å². The Morgan fingerprint density at radius 1 is 1.33 bits per heavy atom. The van der Waals surface area contributed by atoms with Gasteiger partial charge in [-0.15, -0.1) is 0 Å². The van der Waals surface area contributed by atoms with Gasteiger partial charge in [0.05, 0.1) is 13.2 Å². The molecule has 132 valence electrons. The standard InChI is InChI=1S/C17H24BrN3O3/c1-3-24-17(23)21-8-6-14(7-9-21)20-16(22)11-19-15-5-4-13(18)10-12(15)2/h4-5,10,14,19H,3,6-9,11H2,1-2H3,(H,20,22). The van der Waals surface area contributed by atoms with Crippen molar-refractivity contribution in [2.75, 3.05) is 31.6 Å². The first kappa shape index (κ1) is 18.6.